The highest BCUT2D eigenvalue weighted by Gasteiger charge is 2.32. The van der Waals surface area contributed by atoms with Crippen molar-refractivity contribution >= 4 is 27.7 Å². The smallest absolute Gasteiger partial charge is 0.231 e. The second-order valence-corrected chi connectivity index (χ2v) is 9.89. The highest BCUT2D eigenvalue weighted by molar-refractivity contribution is 9.10. The van der Waals surface area contributed by atoms with Gasteiger partial charge in [-0.1, -0.05) is 48.8 Å². The minimum absolute atomic E-state index is 0.176. The molecule has 2 atom stereocenters. The molecule has 0 saturated carbocycles. The molecule has 1 aliphatic heterocycles. The molecule has 0 spiro atoms. The van der Waals surface area contributed by atoms with Crippen LogP contribution in [0, 0.1) is 0 Å². The number of nitrogens with zero attached hydrogens (tertiary/aromatic N) is 4. The summed E-state index contributed by atoms with van der Waals surface area (Å²) < 4.78 is 1.03. The number of halogens is 1. The number of aromatic nitrogens is 2. The summed E-state index contributed by atoms with van der Waals surface area (Å²) in [4.78, 5) is 27.0. The van der Waals surface area contributed by atoms with E-state index in [9.17, 15) is 4.79 Å². The number of carbonyl (C=O) groups excluding carboxylic acids is 1. The normalized spacial score (nSPS) is 19.6. The third kappa shape index (κ3) is 4.93. The van der Waals surface area contributed by atoms with Gasteiger partial charge in [0.2, 0.25) is 5.91 Å². The van der Waals surface area contributed by atoms with Gasteiger partial charge >= 0.3 is 0 Å². The number of amides is 1. The van der Waals surface area contributed by atoms with Crippen LogP contribution in [0.4, 0.5) is 5.82 Å². The standard InChI is InChI=1S/C24H32BrN5O/c1-16(2)26-14-20(18-5-7-19(25)8-6-18)24(31)30-12-10-29(11-13-30)23-22-17(3)4-9-21(22)27-15-28-23/h5-8,15-17,20,26H,4,9-14H2,1-3H3/t17-,20+/m1/s1. The van der Waals surface area contributed by atoms with Crippen LogP contribution in [0.15, 0.2) is 35.1 Å². The van der Waals surface area contributed by atoms with Gasteiger partial charge in [-0.05, 0) is 36.5 Å². The largest absolute Gasteiger partial charge is 0.353 e. The molecule has 31 heavy (non-hydrogen) atoms. The summed E-state index contributed by atoms with van der Waals surface area (Å²) >= 11 is 3.50. The number of aryl methyl sites for hydroxylation is 1. The van der Waals surface area contributed by atoms with Crippen LogP contribution in [-0.4, -0.2) is 59.5 Å². The zero-order valence-electron chi connectivity index (χ0n) is 18.6. The number of carbonyl (C=O) groups is 1. The van der Waals surface area contributed by atoms with Gasteiger partial charge in [0.15, 0.2) is 0 Å². The highest BCUT2D eigenvalue weighted by atomic mass is 79.9. The fourth-order valence-corrected chi connectivity index (χ4v) is 4.89. The number of hydrogen-bond donors (Lipinski definition) is 1. The quantitative estimate of drug-likeness (QED) is 0.675. The van der Waals surface area contributed by atoms with Gasteiger partial charge in [-0.25, -0.2) is 9.97 Å². The van der Waals surface area contributed by atoms with E-state index in [4.69, 9.17) is 0 Å². The van der Waals surface area contributed by atoms with Crippen LogP contribution >= 0.6 is 15.9 Å². The average Bonchev–Trinajstić information content (AvgIpc) is 3.16. The fraction of sp³-hybridized carbons (Fsp3) is 0.542. The third-order valence-electron chi connectivity index (χ3n) is 6.44. The van der Waals surface area contributed by atoms with Gasteiger partial charge in [0.05, 0.1) is 5.92 Å². The Labute approximate surface area is 193 Å². The molecule has 1 aromatic carbocycles. The predicted octanol–water partition coefficient (Wildman–Crippen LogP) is 3.72. The fourth-order valence-electron chi connectivity index (χ4n) is 4.63. The van der Waals surface area contributed by atoms with E-state index >= 15 is 0 Å². The van der Waals surface area contributed by atoms with Crippen molar-refractivity contribution in [2.24, 2.45) is 0 Å². The number of rotatable bonds is 6. The first-order valence-electron chi connectivity index (χ1n) is 11.3. The summed E-state index contributed by atoms with van der Waals surface area (Å²) in [5, 5.41) is 3.46. The van der Waals surface area contributed by atoms with E-state index in [1.54, 1.807) is 6.33 Å². The number of nitrogens with one attached hydrogen (secondary N) is 1. The van der Waals surface area contributed by atoms with Crippen LogP contribution in [0.2, 0.25) is 0 Å². The summed E-state index contributed by atoms with van der Waals surface area (Å²) in [7, 11) is 0. The molecule has 0 unspecified atom stereocenters. The van der Waals surface area contributed by atoms with Gasteiger partial charge in [0, 0.05) is 54.5 Å². The highest BCUT2D eigenvalue weighted by Crippen LogP contribution is 2.37. The minimum atomic E-state index is -0.176. The van der Waals surface area contributed by atoms with E-state index in [0.717, 1.165) is 54.9 Å². The molecule has 1 aliphatic carbocycles. The molecule has 6 nitrogen and oxygen atoms in total. The lowest BCUT2D eigenvalue weighted by atomic mass is 9.96. The molecule has 2 aromatic rings. The predicted molar refractivity (Wildman–Crippen MR) is 128 cm³/mol. The van der Waals surface area contributed by atoms with E-state index in [1.807, 2.05) is 17.0 Å². The van der Waals surface area contributed by atoms with Crippen LogP contribution in [0.5, 0.6) is 0 Å². The minimum Gasteiger partial charge on any atom is -0.353 e. The van der Waals surface area contributed by atoms with E-state index in [1.165, 1.54) is 11.3 Å². The maximum absolute atomic E-state index is 13.5. The summed E-state index contributed by atoms with van der Waals surface area (Å²) in [5.41, 5.74) is 3.58. The van der Waals surface area contributed by atoms with Crippen molar-refractivity contribution in [2.75, 3.05) is 37.6 Å². The lowest BCUT2D eigenvalue weighted by Crippen LogP contribution is -2.51. The number of fused-ring (bicyclic) bond motifs is 1. The average molecular weight is 486 g/mol. The van der Waals surface area contributed by atoms with Crippen molar-refractivity contribution in [3.8, 4) is 0 Å². The van der Waals surface area contributed by atoms with Gasteiger partial charge in [-0.15, -0.1) is 0 Å². The van der Waals surface area contributed by atoms with Crippen LogP contribution in [0.25, 0.3) is 0 Å². The number of piperazine rings is 1. The van der Waals surface area contributed by atoms with Gasteiger partial charge in [-0.3, -0.25) is 4.79 Å². The Morgan fingerprint density at radius 3 is 2.55 bits per heavy atom. The van der Waals surface area contributed by atoms with E-state index < -0.39 is 0 Å². The summed E-state index contributed by atoms with van der Waals surface area (Å²) in [6, 6.07) is 8.47. The van der Waals surface area contributed by atoms with Gasteiger partial charge in [0.25, 0.3) is 0 Å². The van der Waals surface area contributed by atoms with E-state index in [0.29, 0.717) is 18.5 Å². The second kappa shape index (κ2) is 9.65. The zero-order chi connectivity index (χ0) is 22.0. The Kier molecular flexibility index (Phi) is 6.92. The van der Waals surface area contributed by atoms with Crippen LogP contribution in [0.1, 0.15) is 55.8 Å². The first kappa shape index (κ1) is 22.2. The third-order valence-corrected chi connectivity index (χ3v) is 6.97. The van der Waals surface area contributed by atoms with E-state index in [-0.39, 0.29) is 11.8 Å². The molecule has 0 radical (unpaired) electrons. The van der Waals surface area contributed by atoms with Crippen molar-refractivity contribution in [3.63, 3.8) is 0 Å². The van der Waals surface area contributed by atoms with Crippen LogP contribution in [0.3, 0.4) is 0 Å². The Balaban J connectivity index is 1.46. The van der Waals surface area contributed by atoms with Crippen molar-refractivity contribution < 1.29 is 4.79 Å². The van der Waals surface area contributed by atoms with Gasteiger partial charge in [0.1, 0.15) is 12.1 Å². The van der Waals surface area contributed by atoms with Gasteiger partial charge < -0.3 is 15.1 Å². The van der Waals surface area contributed by atoms with Crippen molar-refractivity contribution in [1.82, 2.24) is 20.2 Å². The first-order valence-corrected chi connectivity index (χ1v) is 12.1. The number of benzene rings is 1. The number of hydrogen-bond acceptors (Lipinski definition) is 5. The van der Waals surface area contributed by atoms with Gasteiger partial charge in [-0.2, -0.15) is 0 Å². The Morgan fingerprint density at radius 2 is 1.87 bits per heavy atom. The molecule has 1 amide bonds. The SMILES string of the molecule is CC(C)NC[C@H](C(=O)N1CCN(c2ncnc3c2[C@H](C)CC3)CC1)c1ccc(Br)cc1. The second-order valence-electron chi connectivity index (χ2n) is 8.98. The maximum atomic E-state index is 13.5. The molecule has 1 N–H and O–H groups in total. The summed E-state index contributed by atoms with van der Waals surface area (Å²) in [6.45, 7) is 10.2. The molecule has 1 aromatic heterocycles. The van der Waals surface area contributed by atoms with E-state index in [2.05, 4.69) is 69.0 Å². The molecule has 7 heteroatoms. The molecule has 166 valence electrons. The topological polar surface area (TPSA) is 61.4 Å². The lowest BCUT2D eigenvalue weighted by Gasteiger charge is -2.38. The van der Waals surface area contributed by atoms with Crippen molar-refractivity contribution in [3.05, 3.63) is 51.9 Å². The van der Waals surface area contributed by atoms with Crippen LogP contribution < -0.4 is 10.2 Å². The summed E-state index contributed by atoms with van der Waals surface area (Å²) in [5.74, 6) is 1.62. The van der Waals surface area contributed by atoms with Crippen molar-refractivity contribution in [1.29, 1.82) is 0 Å². The maximum Gasteiger partial charge on any atom is 0.231 e. The Hall–Kier alpha value is -1.99. The molecule has 0 bridgehead atoms. The van der Waals surface area contributed by atoms with Crippen molar-refractivity contribution in [2.45, 2.75) is 51.5 Å². The monoisotopic (exact) mass is 485 g/mol. The zero-order valence-corrected chi connectivity index (χ0v) is 20.2. The molecular weight excluding hydrogens is 454 g/mol. The van der Waals surface area contributed by atoms with Crippen LogP contribution in [-0.2, 0) is 11.2 Å². The summed E-state index contributed by atoms with van der Waals surface area (Å²) in [6.07, 6.45) is 3.89. The molecule has 2 heterocycles. The molecule has 2 aliphatic rings. The first-order chi connectivity index (χ1) is 14.9. The molecule has 4 rings (SSSR count). The Bertz CT molecular complexity index is 909. The number of anilines is 1. The lowest BCUT2D eigenvalue weighted by molar-refractivity contribution is -0.133. The Morgan fingerprint density at radius 1 is 1.16 bits per heavy atom. The molecular formula is C24H32BrN5O. The molecule has 1 fully saturated rings. The molecule has 1 saturated heterocycles.